The number of nitrogens with two attached hydrogens (primary N) is 2. The number of hydrogen-bond acceptors (Lipinski definition) is 4. The van der Waals surface area contributed by atoms with Crippen LogP contribution in [0.3, 0.4) is 0 Å². The van der Waals surface area contributed by atoms with Gasteiger partial charge in [-0.05, 0) is 60.3 Å². The van der Waals surface area contributed by atoms with Crippen LogP contribution in [0, 0.1) is 5.82 Å². The summed E-state index contributed by atoms with van der Waals surface area (Å²) in [6, 6.07) is 4.51. The molecule has 0 aromatic heterocycles. The molecule has 0 radical (unpaired) electrons. The van der Waals surface area contributed by atoms with Crippen molar-refractivity contribution in [2.75, 3.05) is 6.61 Å². The number of amidine groups is 1. The summed E-state index contributed by atoms with van der Waals surface area (Å²) >= 11 is 3.49. The van der Waals surface area contributed by atoms with Crippen molar-refractivity contribution in [3.63, 3.8) is 0 Å². The molecule has 4 N–H and O–H groups in total. The molecule has 2 rings (SSSR count). The molecule has 150 valence electrons. The van der Waals surface area contributed by atoms with Gasteiger partial charge in [-0.2, -0.15) is 0 Å². The maximum Gasteiger partial charge on any atom is 0.135 e. The van der Waals surface area contributed by atoms with Crippen LogP contribution in [-0.2, 0) is 4.74 Å². The van der Waals surface area contributed by atoms with Gasteiger partial charge in [-0.15, -0.1) is 0 Å². The monoisotopic (exact) mass is 449 g/mol. The lowest BCUT2D eigenvalue weighted by Crippen LogP contribution is -2.17. The standard InChI is InChI=1S/C20H25BrFN5O/c1-3-28-13(2)17-10-15(22)7-8-18(17)27-19(25-12-24)9-14(11-23)20(21)26-16-5-4-6-16/h7-8,10-12,16H,2-6,9,23H2,1H3,(H2,24,25,27). The molecule has 0 bridgehead atoms. The molecule has 0 saturated heterocycles. The first kappa shape index (κ1) is 21.8. The summed E-state index contributed by atoms with van der Waals surface area (Å²) in [5, 5.41) is 0. The number of benzene rings is 1. The van der Waals surface area contributed by atoms with Gasteiger partial charge in [0.15, 0.2) is 0 Å². The van der Waals surface area contributed by atoms with Crippen molar-refractivity contribution in [1.82, 2.24) is 0 Å². The van der Waals surface area contributed by atoms with Gasteiger partial charge in [-0.25, -0.2) is 14.4 Å². The molecule has 1 aromatic carbocycles. The number of hydrogen-bond donors (Lipinski definition) is 2. The highest BCUT2D eigenvalue weighted by molar-refractivity contribution is 9.18. The van der Waals surface area contributed by atoms with Crippen LogP contribution in [0.15, 0.2) is 51.5 Å². The summed E-state index contributed by atoms with van der Waals surface area (Å²) in [6.45, 7) is 6.09. The van der Waals surface area contributed by atoms with E-state index in [1.807, 2.05) is 6.92 Å². The summed E-state index contributed by atoms with van der Waals surface area (Å²) in [6.07, 6.45) is 6.28. The molecule has 0 amide bonds. The van der Waals surface area contributed by atoms with Gasteiger partial charge in [0.2, 0.25) is 0 Å². The van der Waals surface area contributed by atoms with Gasteiger partial charge in [0.25, 0.3) is 0 Å². The Balaban J connectivity index is 2.34. The number of nitrogens with zero attached hydrogens (tertiary/aromatic N) is 3. The molecule has 1 aromatic rings. The molecule has 6 nitrogen and oxygen atoms in total. The summed E-state index contributed by atoms with van der Waals surface area (Å²) < 4.78 is 19.8. The Morgan fingerprint density at radius 2 is 2.14 bits per heavy atom. The molecule has 0 atom stereocenters. The minimum Gasteiger partial charge on any atom is -0.494 e. The van der Waals surface area contributed by atoms with Crippen molar-refractivity contribution in [3.05, 3.63) is 47.9 Å². The summed E-state index contributed by atoms with van der Waals surface area (Å²) in [5.74, 6) is 0.327. The van der Waals surface area contributed by atoms with Crippen molar-refractivity contribution in [1.29, 1.82) is 0 Å². The van der Waals surface area contributed by atoms with E-state index in [9.17, 15) is 4.39 Å². The quantitative estimate of drug-likeness (QED) is 0.348. The van der Waals surface area contributed by atoms with Crippen molar-refractivity contribution >= 4 is 44.2 Å². The topological polar surface area (TPSA) is 98.3 Å². The fraction of sp³-hybridized carbons (Fsp3) is 0.350. The molecule has 1 aliphatic carbocycles. The predicted molar refractivity (Wildman–Crippen MR) is 118 cm³/mol. The molecule has 1 aliphatic rings. The smallest absolute Gasteiger partial charge is 0.135 e. The van der Waals surface area contributed by atoms with Crippen LogP contribution < -0.4 is 11.5 Å². The van der Waals surface area contributed by atoms with E-state index in [-0.39, 0.29) is 0 Å². The molecule has 28 heavy (non-hydrogen) atoms. The Hall–Kier alpha value is -2.48. The Morgan fingerprint density at radius 3 is 2.71 bits per heavy atom. The second kappa shape index (κ2) is 10.8. The second-order valence-electron chi connectivity index (χ2n) is 6.20. The Kier molecular flexibility index (Phi) is 8.38. The zero-order chi connectivity index (χ0) is 20.5. The highest BCUT2D eigenvalue weighted by atomic mass is 79.9. The van der Waals surface area contributed by atoms with Crippen LogP contribution in [0.5, 0.6) is 0 Å². The molecule has 8 heteroatoms. The van der Waals surface area contributed by atoms with E-state index < -0.39 is 5.82 Å². The van der Waals surface area contributed by atoms with E-state index >= 15 is 0 Å². The zero-order valence-corrected chi connectivity index (χ0v) is 17.5. The van der Waals surface area contributed by atoms with Crippen molar-refractivity contribution in [3.8, 4) is 0 Å². The molecule has 1 saturated carbocycles. The van der Waals surface area contributed by atoms with Crippen LogP contribution >= 0.6 is 15.9 Å². The Labute approximate surface area is 173 Å². The van der Waals surface area contributed by atoms with Crippen LogP contribution in [0.2, 0.25) is 0 Å². The predicted octanol–water partition coefficient (Wildman–Crippen LogP) is 4.43. The summed E-state index contributed by atoms with van der Waals surface area (Å²) in [7, 11) is 0. The Morgan fingerprint density at radius 1 is 1.39 bits per heavy atom. The van der Waals surface area contributed by atoms with E-state index in [4.69, 9.17) is 16.2 Å². The molecule has 1 fully saturated rings. The van der Waals surface area contributed by atoms with Crippen molar-refractivity contribution in [2.24, 2.45) is 26.4 Å². The normalized spacial score (nSPS) is 16.3. The van der Waals surface area contributed by atoms with Gasteiger partial charge in [0.05, 0.1) is 24.7 Å². The van der Waals surface area contributed by atoms with Crippen LogP contribution in [0.1, 0.15) is 38.2 Å². The van der Waals surface area contributed by atoms with Gasteiger partial charge < -0.3 is 16.2 Å². The molecule has 0 spiro atoms. The SMILES string of the molecule is C=C(OCC)c1cc(F)ccc1N=C(CC(=CN)C(Br)=NC1CCC1)N=CN. The first-order valence-electron chi connectivity index (χ1n) is 9.06. The highest BCUT2D eigenvalue weighted by Crippen LogP contribution is 2.29. The van der Waals surface area contributed by atoms with Gasteiger partial charge in [-0.3, -0.25) is 4.99 Å². The number of halogens is 2. The van der Waals surface area contributed by atoms with Crippen molar-refractivity contribution < 1.29 is 9.13 Å². The average Bonchev–Trinajstić information content (AvgIpc) is 2.64. The molecule has 0 unspecified atom stereocenters. The number of aliphatic imine (C=N–C) groups is 3. The largest absolute Gasteiger partial charge is 0.494 e. The first-order chi connectivity index (χ1) is 13.5. The van der Waals surface area contributed by atoms with E-state index in [1.165, 1.54) is 24.8 Å². The second-order valence-corrected chi connectivity index (χ2v) is 6.95. The van der Waals surface area contributed by atoms with Crippen LogP contribution in [-0.4, -0.2) is 29.4 Å². The van der Waals surface area contributed by atoms with Gasteiger partial charge >= 0.3 is 0 Å². The third-order valence-electron chi connectivity index (χ3n) is 4.24. The lowest BCUT2D eigenvalue weighted by molar-refractivity contribution is 0.299. The third-order valence-corrected chi connectivity index (χ3v) is 4.95. The molecular weight excluding hydrogens is 425 g/mol. The first-order valence-corrected chi connectivity index (χ1v) is 9.85. The minimum atomic E-state index is -0.406. The van der Waals surface area contributed by atoms with Crippen LogP contribution in [0.4, 0.5) is 10.1 Å². The highest BCUT2D eigenvalue weighted by Gasteiger charge is 2.18. The van der Waals surface area contributed by atoms with Crippen molar-refractivity contribution in [2.45, 2.75) is 38.6 Å². The van der Waals surface area contributed by atoms with Crippen LogP contribution in [0.25, 0.3) is 5.76 Å². The summed E-state index contributed by atoms with van der Waals surface area (Å²) in [4.78, 5) is 13.3. The lowest BCUT2D eigenvalue weighted by atomic mass is 9.94. The average molecular weight is 450 g/mol. The zero-order valence-electron chi connectivity index (χ0n) is 15.9. The molecule has 0 aliphatic heterocycles. The molecule has 0 heterocycles. The van der Waals surface area contributed by atoms with E-state index in [1.54, 1.807) is 6.07 Å². The fourth-order valence-corrected chi connectivity index (χ4v) is 3.11. The summed E-state index contributed by atoms with van der Waals surface area (Å²) in [5.41, 5.74) is 12.9. The van der Waals surface area contributed by atoms with E-state index in [2.05, 4.69) is 37.5 Å². The maximum absolute atomic E-state index is 13.7. The number of ether oxygens (including phenoxy) is 1. The van der Waals surface area contributed by atoms with Gasteiger partial charge in [-0.1, -0.05) is 6.58 Å². The minimum absolute atomic E-state index is 0.304. The molecular formula is C20H25BrFN5O. The van der Waals surface area contributed by atoms with E-state index in [0.29, 0.717) is 46.5 Å². The maximum atomic E-state index is 13.7. The fourth-order valence-electron chi connectivity index (χ4n) is 2.55. The van der Waals surface area contributed by atoms with Gasteiger partial charge in [0, 0.05) is 23.8 Å². The third kappa shape index (κ3) is 6.02. The Bertz CT molecular complexity index is 828. The number of rotatable bonds is 8. The van der Waals surface area contributed by atoms with E-state index in [0.717, 1.165) is 24.8 Å². The van der Waals surface area contributed by atoms with Gasteiger partial charge in [0.1, 0.15) is 22.0 Å². The lowest BCUT2D eigenvalue weighted by Gasteiger charge is -2.21.